The van der Waals surface area contributed by atoms with E-state index >= 15 is 0 Å². The van der Waals surface area contributed by atoms with Crippen molar-refractivity contribution >= 4 is 23.1 Å². The highest BCUT2D eigenvalue weighted by molar-refractivity contribution is 7.08. The maximum absolute atomic E-state index is 12.9. The van der Waals surface area contributed by atoms with Gasteiger partial charge in [0.05, 0.1) is 17.3 Å². The quantitative estimate of drug-likeness (QED) is 0.634. The van der Waals surface area contributed by atoms with E-state index in [2.05, 4.69) is 20.7 Å². The topological polar surface area (TPSA) is 78.7 Å². The number of anilines is 1. The lowest BCUT2D eigenvalue weighted by Crippen LogP contribution is -2.14. The van der Waals surface area contributed by atoms with Crippen LogP contribution in [0, 0.1) is 11.3 Å². The summed E-state index contributed by atoms with van der Waals surface area (Å²) in [5, 5.41) is 11.6. The van der Waals surface area contributed by atoms with Gasteiger partial charge in [0.25, 0.3) is 5.91 Å². The number of hydrogen-bond donors (Lipinski definition) is 1. The maximum Gasteiger partial charge on any atom is 0.433 e. The van der Waals surface area contributed by atoms with Gasteiger partial charge in [-0.2, -0.15) is 22.8 Å². The van der Waals surface area contributed by atoms with E-state index in [1.165, 1.54) is 6.07 Å². The lowest BCUT2D eigenvalue weighted by molar-refractivity contribution is -0.141. The summed E-state index contributed by atoms with van der Waals surface area (Å²) in [5.74, 6) is -0.329. The lowest BCUT2D eigenvalue weighted by Gasteiger charge is -2.09. The number of amides is 1. The number of rotatable bonds is 4. The monoisotopic (exact) mass is 414 g/mol. The second-order valence-electron chi connectivity index (χ2n) is 6.62. The molecule has 3 aromatic rings. The fourth-order valence-electron chi connectivity index (χ4n) is 3.01. The molecule has 1 fully saturated rings. The van der Waals surface area contributed by atoms with E-state index in [1.54, 1.807) is 18.2 Å². The summed E-state index contributed by atoms with van der Waals surface area (Å²) in [4.78, 5) is 16.5. The molecule has 1 aliphatic carbocycles. The Labute approximate surface area is 168 Å². The third-order valence-corrected chi connectivity index (χ3v) is 5.35. The molecule has 4 rings (SSSR count). The largest absolute Gasteiger partial charge is 0.433 e. The first kappa shape index (κ1) is 19.1. The van der Waals surface area contributed by atoms with Crippen molar-refractivity contribution in [2.24, 2.45) is 0 Å². The minimum absolute atomic E-state index is 0.0144. The minimum Gasteiger partial charge on any atom is -0.321 e. The number of alkyl halides is 3. The molecule has 1 amide bonds. The van der Waals surface area contributed by atoms with Crippen LogP contribution >= 0.6 is 11.5 Å². The highest BCUT2D eigenvalue weighted by Crippen LogP contribution is 2.47. The second-order valence-corrected chi connectivity index (χ2v) is 7.40. The summed E-state index contributed by atoms with van der Waals surface area (Å²) in [7, 11) is 0. The van der Waals surface area contributed by atoms with Crippen molar-refractivity contribution in [3.8, 4) is 17.3 Å². The number of pyridine rings is 1. The van der Waals surface area contributed by atoms with Crippen molar-refractivity contribution < 1.29 is 18.0 Å². The van der Waals surface area contributed by atoms with E-state index in [1.807, 2.05) is 6.07 Å². The Hall–Kier alpha value is -3.25. The molecular formula is C20H13F3N4OS. The number of hydrogen-bond acceptors (Lipinski definition) is 5. The van der Waals surface area contributed by atoms with Gasteiger partial charge >= 0.3 is 6.18 Å². The van der Waals surface area contributed by atoms with Crippen molar-refractivity contribution in [3.05, 3.63) is 64.3 Å². The molecule has 0 unspecified atom stereocenters. The number of halogens is 3. The van der Waals surface area contributed by atoms with Crippen LogP contribution in [0.4, 0.5) is 18.9 Å². The second kappa shape index (κ2) is 7.29. The molecule has 0 radical (unpaired) electrons. The number of nitrogens with one attached hydrogen (secondary N) is 1. The summed E-state index contributed by atoms with van der Waals surface area (Å²) < 4.78 is 43.0. The van der Waals surface area contributed by atoms with E-state index in [-0.39, 0.29) is 11.6 Å². The van der Waals surface area contributed by atoms with Crippen LogP contribution in [0.1, 0.15) is 45.3 Å². The first-order valence-electron chi connectivity index (χ1n) is 8.71. The fraction of sp³-hybridized carbons (Fsp3) is 0.200. The summed E-state index contributed by atoms with van der Waals surface area (Å²) in [6.45, 7) is 0. The van der Waals surface area contributed by atoms with Crippen LogP contribution in [0.15, 0.2) is 42.6 Å². The molecule has 1 saturated carbocycles. The SMILES string of the molecule is N#Cc1cccc(-c2nsc(C(=O)Nc3ccnc(C(F)(F)F)c3)c2C2CC2)c1. The van der Waals surface area contributed by atoms with Crippen molar-refractivity contribution in [1.82, 2.24) is 9.36 Å². The standard InChI is InChI=1S/C20H13F3N4OS/c21-20(22,23)15-9-14(6-7-25-15)26-19(28)18-16(12-4-5-12)17(27-29-18)13-3-1-2-11(8-13)10-24/h1-3,6-9,12H,4-5H2,(H,25,26,28). The Morgan fingerprint density at radius 3 is 2.72 bits per heavy atom. The van der Waals surface area contributed by atoms with Gasteiger partial charge in [0.15, 0.2) is 0 Å². The zero-order valence-electron chi connectivity index (χ0n) is 14.8. The molecule has 0 saturated heterocycles. The van der Waals surface area contributed by atoms with Crippen molar-refractivity contribution in [2.45, 2.75) is 24.9 Å². The Balaban J connectivity index is 1.66. The van der Waals surface area contributed by atoms with Crippen LogP contribution in [0.2, 0.25) is 0 Å². The summed E-state index contributed by atoms with van der Waals surface area (Å²) >= 11 is 1.01. The predicted molar refractivity (Wildman–Crippen MR) is 101 cm³/mol. The molecule has 0 atom stereocenters. The predicted octanol–water partition coefficient (Wildman–Crippen LogP) is 5.23. The van der Waals surface area contributed by atoms with E-state index in [9.17, 15) is 18.0 Å². The molecular weight excluding hydrogens is 401 g/mol. The fourth-order valence-corrected chi connectivity index (χ4v) is 3.89. The van der Waals surface area contributed by atoms with Gasteiger partial charge in [0.1, 0.15) is 10.6 Å². The van der Waals surface area contributed by atoms with Gasteiger partial charge in [-0.05, 0) is 54.6 Å². The van der Waals surface area contributed by atoms with Crippen molar-refractivity contribution in [3.63, 3.8) is 0 Å². The van der Waals surface area contributed by atoms with Crippen molar-refractivity contribution in [1.29, 1.82) is 5.26 Å². The zero-order valence-corrected chi connectivity index (χ0v) is 15.6. The van der Waals surface area contributed by atoms with E-state index in [0.717, 1.165) is 47.8 Å². The lowest BCUT2D eigenvalue weighted by atomic mass is 10.0. The first-order chi connectivity index (χ1) is 13.9. The Kier molecular flexibility index (Phi) is 4.80. The molecule has 9 heteroatoms. The van der Waals surface area contributed by atoms with Crippen LogP contribution < -0.4 is 5.32 Å². The van der Waals surface area contributed by atoms with E-state index in [0.29, 0.717) is 16.1 Å². The molecule has 0 spiro atoms. The van der Waals surface area contributed by atoms with Gasteiger partial charge in [-0.25, -0.2) is 0 Å². The molecule has 0 bridgehead atoms. The summed E-state index contributed by atoms with van der Waals surface area (Å²) in [6.07, 6.45) is -1.76. The van der Waals surface area contributed by atoms with Crippen molar-refractivity contribution in [2.75, 3.05) is 5.32 Å². The van der Waals surface area contributed by atoms with Crippen LogP contribution in [0.25, 0.3) is 11.3 Å². The third-order valence-electron chi connectivity index (χ3n) is 4.49. The van der Waals surface area contributed by atoms with Gasteiger partial charge in [0.2, 0.25) is 0 Å². The smallest absolute Gasteiger partial charge is 0.321 e. The number of benzene rings is 1. The van der Waals surface area contributed by atoms with E-state index < -0.39 is 17.8 Å². The van der Waals surface area contributed by atoms with Crippen LogP contribution in [0.3, 0.4) is 0 Å². The summed E-state index contributed by atoms with van der Waals surface area (Å²) in [5.41, 5.74) is 1.60. The normalized spacial score (nSPS) is 13.7. The Morgan fingerprint density at radius 1 is 1.24 bits per heavy atom. The summed E-state index contributed by atoms with van der Waals surface area (Å²) in [6, 6.07) is 11.1. The molecule has 2 heterocycles. The first-order valence-corrected chi connectivity index (χ1v) is 9.49. The average Bonchev–Trinajstić information content (AvgIpc) is 3.45. The number of carbonyl (C=O) groups excluding carboxylic acids is 1. The van der Waals surface area contributed by atoms with Crippen LogP contribution in [0.5, 0.6) is 0 Å². The molecule has 1 aliphatic rings. The number of nitriles is 1. The molecule has 0 aliphatic heterocycles. The highest BCUT2D eigenvalue weighted by atomic mass is 32.1. The van der Waals surface area contributed by atoms with Crippen LogP contribution in [-0.2, 0) is 6.18 Å². The van der Waals surface area contributed by atoms with Gasteiger partial charge < -0.3 is 5.32 Å². The number of nitrogens with zero attached hydrogens (tertiary/aromatic N) is 3. The Bertz CT molecular complexity index is 1130. The van der Waals surface area contributed by atoms with Gasteiger partial charge in [-0.15, -0.1) is 0 Å². The average molecular weight is 414 g/mol. The molecule has 2 aromatic heterocycles. The number of aromatic nitrogens is 2. The molecule has 29 heavy (non-hydrogen) atoms. The van der Waals surface area contributed by atoms with Crippen LogP contribution in [-0.4, -0.2) is 15.3 Å². The highest BCUT2D eigenvalue weighted by Gasteiger charge is 2.35. The van der Waals surface area contributed by atoms with E-state index in [4.69, 9.17) is 5.26 Å². The zero-order chi connectivity index (χ0) is 20.6. The maximum atomic E-state index is 12.9. The number of carbonyl (C=O) groups is 1. The Morgan fingerprint density at radius 2 is 2.03 bits per heavy atom. The molecule has 5 nitrogen and oxygen atoms in total. The van der Waals surface area contributed by atoms with Gasteiger partial charge in [-0.3, -0.25) is 9.78 Å². The van der Waals surface area contributed by atoms with Gasteiger partial charge in [0, 0.05) is 23.0 Å². The molecule has 1 aromatic carbocycles. The third kappa shape index (κ3) is 3.98. The molecule has 1 N–H and O–H groups in total. The van der Waals surface area contributed by atoms with Gasteiger partial charge in [-0.1, -0.05) is 12.1 Å². The molecule has 146 valence electrons. The minimum atomic E-state index is -4.59.